The van der Waals surface area contributed by atoms with Crippen LogP contribution in [0.1, 0.15) is 57.2 Å². The lowest BCUT2D eigenvalue weighted by Gasteiger charge is -2.27. The van der Waals surface area contributed by atoms with Crippen molar-refractivity contribution in [3.63, 3.8) is 0 Å². The van der Waals surface area contributed by atoms with Gasteiger partial charge in [0.05, 0.1) is 0 Å². The van der Waals surface area contributed by atoms with E-state index in [1.54, 1.807) is 46.8 Å². The van der Waals surface area contributed by atoms with Crippen LogP contribution in [0, 0.1) is 18.6 Å². The first kappa shape index (κ1) is 24.3. The van der Waals surface area contributed by atoms with E-state index < -0.39 is 47.4 Å². The molecule has 168 valence electrons. The van der Waals surface area contributed by atoms with Crippen molar-refractivity contribution in [3.8, 4) is 0 Å². The fourth-order valence-electron chi connectivity index (χ4n) is 3.15. The molecule has 0 bridgehead atoms. The number of rotatable bonds is 6. The van der Waals surface area contributed by atoms with E-state index in [0.29, 0.717) is 11.1 Å². The van der Waals surface area contributed by atoms with E-state index in [1.165, 1.54) is 37.3 Å². The van der Waals surface area contributed by atoms with Crippen LogP contribution in [0.2, 0.25) is 0 Å². The van der Waals surface area contributed by atoms with Crippen LogP contribution < -0.4 is 5.32 Å². The van der Waals surface area contributed by atoms with Crippen molar-refractivity contribution in [1.82, 2.24) is 5.32 Å². The summed E-state index contributed by atoms with van der Waals surface area (Å²) in [5.41, 5.74) is 0.957. The SMILES string of the molecule is Cc1ccc([C@@H](c2ccc(F)cc2)[C@H](C)OC(=O)[C@H](C)NC(=O)OC(C)(C)C)c(F)c1. The van der Waals surface area contributed by atoms with Crippen LogP contribution in [-0.4, -0.2) is 29.8 Å². The fraction of sp³-hybridized carbons (Fsp3) is 0.417. The van der Waals surface area contributed by atoms with Crippen LogP contribution >= 0.6 is 0 Å². The van der Waals surface area contributed by atoms with Gasteiger partial charge in [-0.1, -0.05) is 24.3 Å². The highest BCUT2D eigenvalue weighted by Crippen LogP contribution is 2.32. The average molecular weight is 433 g/mol. The third kappa shape index (κ3) is 7.05. The van der Waals surface area contributed by atoms with Crippen molar-refractivity contribution in [3.05, 3.63) is 70.8 Å². The van der Waals surface area contributed by atoms with Crippen molar-refractivity contribution < 1.29 is 27.8 Å². The van der Waals surface area contributed by atoms with Gasteiger partial charge in [0.25, 0.3) is 0 Å². The van der Waals surface area contributed by atoms with Crippen LogP contribution in [0.3, 0.4) is 0 Å². The van der Waals surface area contributed by atoms with Crippen molar-refractivity contribution >= 4 is 12.1 Å². The molecule has 0 radical (unpaired) electrons. The number of esters is 1. The van der Waals surface area contributed by atoms with E-state index in [4.69, 9.17) is 9.47 Å². The third-order valence-electron chi connectivity index (χ3n) is 4.58. The number of benzene rings is 2. The number of hydrogen-bond donors (Lipinski definition) is 1. The summed E-state index contributed by atoms with van der Waals surface area (Å²) in [4.78, 5) is 24.5. The Morgan fingerprint density at radius 2 is 1.61 bits per heavy atom. The molecule has 0 saturated carbocycles. The zero-order valence-electron chi connectivity index (χ0n) is 18.7. The Hall–Kier alpha value is -2.96. The molecule has 2 aromatic carbocycles. The molecule has 3 atom stereocenters. The van der Waals surface area contributed by atoms with Gasteiger partial charge in [-0.05, 0) is 76.4 Å². The molecule has 0 fully saturated rings. The smallest absolute Gasteiger partial charge is 0.408 e. The molecule has 1 amide bonds. The van der Waals surface area contributed by atoms with Gasteiger partial charge in [-0.15, -0.1) is 0 Å². The Morgan fingerprint density at radius 1 is 1.00 bits per heavy atom. The Kier molecular flexibility index (Phi) is 7.76. The number of ether oxygens (including phenoxy) is 2. The van der Waals surface area contributed by atoms with E-state index in [-0.39, 0.29) is 0 Å². The maximum absolute atomic E-state index is 14.8. The predicted octanol–water partition coefficient (Wildman–Crippen LogP) is 5.25. The molecular formula is C24H29F2NO4. The van der Waals surface area contributed by atoms with E-state index in [1.807, 2.05) is 0 Å². The zero-order chi connectivity index (χ0) is 23.3. The summed E-state index contributed by atoms with van der Waals surface area (Å²) in [5.74, 6) is -2.24. The van der Waals surface area contributed by atoms with Crippen molar-refractivity contribution in [1.29, 1.82) is 0 Å². The summed E-state index contributed by atoms with van der Waals surface area (Å²) in [6, 6.07) is 9.42. The van der Waals surface area contributed by atoms with Gasteiger partial charge in [0.2, 0.25) is 0 Å². The van der Waals surface area contributed by atoms with Crippen molar-refractivity contribution in [2.75, 3.05) is 0 Å². The standard InChI is InChI=1S/C24H29F2NO4/c1-14-7-12-19(20(26)13-14)21(17-8-10-18(25)11-9-17)16(3)30-22(28)15(2)27-23(29)31-24(4,5)6/h7-13,15-16,21H,1-6H3,(H,27,29)/t15-,16-,21+/m0/s1. The number of aryl methyl sites for hydroxylation is 1. The molecule has 0 spiro atoms. The molecule has 2 aromatic rings. The van der Waals surface area contributed by atoms with Gasteiger partial charge in [-0.2, -0.15) is 0 Å². The summed E-state index contributed by atoms with van der Waals surface area (Å²) in [5, 5.41) is 2.43. The number of amides is 1. The maximum Gasteiger partial charge on any atom is 0.408 e. The molecule has 5 nitrogen and oxygen atoms in total. The maximum atomic E-state index is 14.8. The van der Waals surface area contributed by atoms with Gasteiger partial charge < -0.3 is 14.8 Å². The lowest BCUT2D eigenvalue weighted by molar-refractivity contribution is -0.151. The second-order valence-electron chi connectivity index (χ2n) is 8.56. The Morgan fingerprint density at radius 3 is 2.16 bits per heavy atom. The minimum atomic E-state index is -0.978. The van der Waals surface area contributed by atoms with E-state index in [0.717, 1.165) is 5.56 Å². The minimum absolute atomic E-state index is 0.324. The molecule has 0 aliphatic rings. The molecule has 0 aliphatic carbocycles. The van der Waals surface area contributed by atoms with Crippen LogP contribution in [0.15, 0.2) is 42.5 Å². The topological polar surface area (TPSA) is 64.6 Å². The second-order valence-corrected chi connectivity index (χ2v) is 8.56. The molecule has 2 rings (SSSR count). The third-order valence-corrected chi connectivity index (χ3v) is 4.58. The molecule has 31 heavy (non-hydrogen) atoms. The zero-order valence-corrected chi connectivity index (χ0v) is 18.7. The molecule has 0 saturated heterocycles. The molecule has 0 heterocycles. The summed E-state index contributed by atoms with van der Waals surface area (Å²) < 4.78 is 38.9. The van der Waals surface area contributed by atoms with Crippen LogP contribution in [0.25, 0.3) is 0 Å². The number of nitrogens with one attached hydrogen (secondary N) is 1. The predicted molar refractivity (Wildman–Crippen MR) is 114 cm³/mol. The highest BCUT2D eigenvalue weighted by Gasteiger charge is 2.30. The number of hydrogen-bond acceptors (Lipinski definition) is 4. The first-order valence-electron chi connectivity index (χ1n) is 10.1. The Bertz CT molecular complexity index is 922. The van der Waals surface area contributed by atoms with Crippen molar-refractivity contribution in [2.24, 2.45) is 0 Å². The van der Waals surface area contributed by atoms with Crippen LogP contribution in [-0.2, 0) is 14.3 Å². The number of alkyl carbamates (subject to hydrolysis) is 1. The second kappa shape index (κ2) is 9.90. The Balaban J connectivity index is 2.23. The van der Waals surface area contributed by atoms with Gasteiger partial charge in [-0.25, -0.2) is 18.4 Å². The molecule has 0 unspecified atom stereocenters. The first-order valence-corrected chi connectivity index (χ1v) is 10.1. The Labute approximate surface area is 181 Å². The lowest BCUT2D eigenvalue weighted by atomic mass is 9.86. The summed E-state index contributed by atoms with van der Waals surface area (Å²) in [6.07, 6.45) is -1.54. The normalized spacial score (nSPS) is 14.3. The first-order chi connectivity index (χ1) is 14.4. The minimum Gasteiger partial charge on any atom is -0.460 e. The van der Waals surface area contributed by atoms with Crippen LogP contribution in [0.4, 0.5) is 13.6 Å². The van der Waals surface area contributed by atoms with Crippen molar-refractivity contribution in [2.45, 2.75) is 65.2 Å². The molecule has 7 heteroatoms. The van der Waals surface area contributed by atoms with Gasteiger partial charge >= 0.3 is 12.1 Å². The van der Waals surface area contributed by atoms with E-state index in [9.17, 15) is 18.4 Å². The summed E-state index contributed by atoms with van der Waals surface area (Å²) in [7, 11) is 0. The monoisotopic (exact) mass is 433 g/mol. The largest absolute Gasteiger partial charge is 0.460 e. The number of carbonyl (C=O) groups is 2. The van der Waals surface area contributed by atoms with Gasteiger partial charge in [0.1, 0.15) is 29.4 Å². The molecule has 0 aromatic heterocycles. The summed E-state index contributed by atoms with van der Waals surface area (Å²) >= 11 is 0. The molecule has 1 N–H and O–H groups in total. The number of halogens is 2. The van der Waals surface area contributed by atoms with Crippen LogP contribution in [0.5, 0.6) is 0 Å². The quantitative estimate of drug-likeness (QED) is 0.632. The fourth-order valence-corrected chi connectivity index (χ4v) is 3.15. The van der Waals surface area contributed by atoms with Gasteiger partial charge in [0.15, 0.2) is 0 Å². The van der Waals surface area contributed by atoms with E-state index >= 15 is 0 Å². The highest BCUT2D eigenvalue weighted by atomic mass is 19.1. The van der Waals surface area contributed by atoms with E-state index in [2.05, 4.69) is 5.32 Å². The molecule has 0 aliphatic heterocycles. The average Bonchev–Trinajstić information content (AvgIpc) is 2.63. The number of carbonyl (C=O) groups excluding carboxylic acids is 2. The van der Waals surface area contributed by atoms with Gasteiger partial charge in [0, 0.05) is 5.92 Å². The summed E-state index contributed by atoms with van der Waals surface area (Å²) in [6.45, 7) is 10.0. The molecular weight excluding hydrogens is 404 g/mol. The van der Waals surface area contributed by atoms with Gasteiger partial charge in [-0.3, -0.25) is 0 Å². The lowest BCUT2D eigenvalue weighted by Crippen LogP contribution is -2.43. The highest BCUT2D eigenvalue weighted by molar-refractivity contribution is 5.81.